The minimum absolute atomic E-state index is 0.189. The summed E-state index contributed by atoms with van der Waals surface area (Å²) in [6, 6.07) is 6.42. The molecule has 114 valence electrons. The molecule has 5 nitrogen and oxygen atoms in total. The van der Waals surface area contributed by atoms with Crippen LogP contribution in [0.3, 0.4) is 0 Å². The highest BCUT2D eigenvalue weighted by molar-refractivity contribution is 8.01. The molecule has 0 aliphatic carbocycles. The molecule has 2 heterocycles. The molecule has 7 heteroatoms. The van der Waals surface area contributed by atoms with Crippen LogP contribution in [-0.2, 0) is 27.5 Å². The van der Waals surface area contributed by atoms with Crippen LogP contribution in [-0.4, -0.2) is 27.7 Å². The van der Waals surface area contributed by atoms with Gasteiger partial charge in [-0.3, -0.25) is 4.79 Å². The predicted octanol–water partition coefficient (Wildman–Crippen LogP) is 2.50. The van der Waals surface area contributed by atoms with E-state index < -0.39 is 0 Å². The van der Waals surface area contributed by atoms with Gasteiger partial charge in [0.25, 0.3) is 0 Å². The van der Waals surface area contributed by atoms with Crippen molar-refractivity contribution in [2.75, 3.05) is 5.75 Å². The molecule has 1 aromatic carbocycles. The van der Waals surface area contributed by atoms with Crippen molar-refractivity contribution < 1.29 is 14.4 Å². The van der Waals surface area contributed by atoms with Gasteiger partial charge in [0.05, 0.1) is 5.75 Å². The van der Waals surface area contributed by atoms with Crippen LogP contribution in [0.5, 0.6) is 0 Å². The Hall–Kier alpha value is -1.95. The Morgan fingerprint density at radius 1 is 1.36 bits per heavy atom. The number of fused-ring (bicyclic) bond motifs is 1. The normalized spacial score (nSPS) is 12.1. The van der Waals surface area contributed by atoms with Gasteiger partial charge in [0.1, 0.15) is 4.34 Å². The number of carbonyl (C=O) groups excluding carboxylic acids is 3. The summed E-state index contributed by atoms with van der Waals surface area (Å²) in [5.41, 5.74) is 3.82. The van der Waals surface area contributed by atoms with Crippen molar-refractivity contribution in [3.8, 4) is 0 Å². The van der Waals surface area contributed by atoms with Gasteiger partial charge in [-0.1, -0.05) is 35.5 Å². The van der Waals surface area contributed by atoms with Gasteiger partial charge in [-0.05, 0) is 18.1 Å². The quantitative estimate of drug-likeness (QED) is 0.807. The number of nitrogens with zero attached hydrogens (tertiary/aromatic N) is 2. The van der Waals surface area contributed by atoms with Crippen molar-refractivity contribution >= 4 is 35.2 Å². The van der Waals surface area contributed by atoms with Crippen LogP contribution < -0.4 is 0 Å². The average Bonchev–Trinajstić information content (AvgIpc) is 3.14. The number of thioether (sulfide) groups is 1. The number of aryl methyl sites for hydroxylation is 1. The van der Waals surface area contributed by atoms with Crippen LogP contribution in [0, 0.1) is 6.92 Å². The van der Waals surface area contributed by atoms with Crippen LogP contribution in [0.2, 0.25) is 0 Å². The molecule has 0 radical (unpaired) electrons. The number of hydrogen-bond donors (Lipinski definition) is 0. The SMILES string of the molecule is Cc1ccc2c(c1)CN(C(=O)CSc1nccs1)C2.O=C=O. The minimum Gasteiger partial charge on any atom is -0.333 e. The number of thiazole rings is 1. The van der Waals surface area contributed by atoms with E-state index in [1.54, 1.807) is 17.5 Å². The van der Waals surface area contributed by atoms with Crippen molar-refractivity contribution in [2.45, 2.75) is 24.4 Å². The fourth-order valence-corrected chi connectivity index (χ4v) is 3.74. The summed E-state index contributed by atoms with van der Waals surface area (Å²) in [4.78, 5) is 34.5. The smallest absolute Gasteiger partial charge is 0.333 e. The van der Waals surface area contributed by atoms with Crippen molar-refractivity contribution in [2.24, 2.45) is 0 Å². The van der Waals surface area contributed by atoms with E-state index in [-0.39, 0.29) is 12.1 Å². The van der Waals surface area contributed by atoms with Crippen molar-refractivity contribution in [1.29, 1.82) is 0 Å². The standard InChI is InChI=1S/C14H14N2OS2.CO2/c1-10-2-3-11-7-16(8-12(11)6-10)13(17)9-19-14-15-4-5-18-14;2-1-3/h2-6H,7-9H2,1H3;. The van der Waals surface area contributed by atoms with E-state index in [1.807, 2.05) is 10.3 Å². The van der Waals surface area contributed by atoms with Crippen molar-refractivity contribution in [3.63, 3.8) is 0 Å². The summed E-state index contributed by atoms with van der Waals surface area (Å²) in [5, 5.41) is 1.93. The molecule has 1 aromatic heterocycles. The van der Waals surface area contributed by atoms with Gasteiger partial charge in [0, 0.05) is 24.7 Å². The zero-order valence-electron chi connectivity index (χ0n) is 11.9. The van der Waals surface area contributed by atoms with Crippen LogP contribution in [0.25, 0.3) is 0 Å². The second-order valence-electron chi connectivity index (χ2n) is 4.69. The lowest BCUT2D eigenvalue weighted by atomic mass is 10.1. The van der Waals surface area contributed by atoms with E-state index in [4.69, 9.17) is 9.59 Å². The Bertz CT molecular complexity index is 680. The number of amides is 1. The topological polar surface area (TPSA) is 67.3 Å². The maximum Gasteiger partial charge on any atom is 0.373 e. The Morgan fingerprint density at radius 3 is 2.77 bits per heavy atom. The van der Waals surface area contributed by atoms with Gasteiger partial charge in [-0.2, -0.15) is 9.59 Å². The summed E-state index contributed by atoms with van der Waals surface area (Å²) in [7, 11) is 0. The van der Waals surface area contributed by atoms with E-state index in [0.717, 1.165) is 17.4 Å². The lowest BCUT2D eigenvalue weighted by Gasteiger charge is -2.14. The second kappa shape index (κ2) is 7.89. The molecular weight excluding hydrogens is 320 g/mol. The largest absolute Gasteiger partial charge is 0.373 e. The maximum atomic E-state index is 12.2. The molecular formula is C15H14N2O3S2. The van der Waals surface area contributed by atoms with Crippen LogP contribution >= 0.6 is 23.1 Å². The zero-order valence-corrected chi connectivity index (χ0v) is 13.6. The third kappa shape index (κ3) is 4.27. The minimum atomic E-state index is 0.189. The Balaban J connectivity index is 0.000000545. The molecule has 1 aliphatic rings. The number of rotatable bonds is 3. The molecule has 0 bridgehead atoms. The number of carbonyl (C=O) groups is 1. The van der Waals surface area contributed by atoms with E-state index >= 15 is 0 Å². The Kier molecular flexibility index (Phi) is 5.89. The van der Waals surface area contributed by atoms with E-state index in [1.165, 1.54) is 28.5 Å². The summed E-state index contributed by atoms with van der Waals surface area (Å²) >= 11 is 3.10. The highest BCUT2D eigenvalue weighted by atomic mass is 32.2. The molecule has 1 amide bonds. The van der Waals surface area contributed by atoms with Gasteiger partial charge < -0.3 is 4.90 Å². The van der Waals surface area contributed by atoms with E-state index in [9.17, 15) is 4.79 Å². The third-order valence-corrected chi connectivity index (χ3v) is 5.12. The molecule has 0 unspecified atom stereocenters. The van der Waals surface area contributed by atoms with Crippen molar-refractivity contribution in [1.82, 2.24) is 9.88 Å². The lowest BCUT2D eigenvalue weighted by Crippen LogP contribution is -2.26. The Morgan fingerprint density at radius 2 is 2.09 bits per heavy atom. The molecule has 0 saturated carbocycles. The summed E-state index contributed by atoms with van der Waals surface area (Å²) in [6.45, 7) is 3.57. The lowest BCUT2D eigenvalue weighted by molar-refractivity contribution is -0.191. The first kappa shape index (κ1) is 16.4. The molecule has 0 atom stereocenters. The van der Waals surface area contributed by atoms with Gasteiger partial charge in [0.2, 0.25) is 5.91 Å². The first-order valence-corrected chi connectivity index (χ1v) is 8.38. The highest BCUT2D eigenvalue weighted by Crippen LogP contribution is 2.26. The fourth-order valence-electron chi connectivity index (χ4n) is 2.20. The van der Waals surface area contributed by atoms with Gasteiger partial charge in [0.15, 0.2) is 0 Å². The monoisotopic (exact) mass is 334 g/mol. The van der Waals surface area contributed by atoms with Gasteiger partial charge in [-0.25, -0.2) is 4.98 Å². The first-order chi connectivity index (χ1) is 10.6. The second-order valence-corrected chi connectivity index (χ2v) is 6.81. The predicted molar refractivity (Wildman–Crippen MR) is 83.3 cm³/mol. The Labute approximate surface area is 136 Å². The summed E-state index contributed by atoms with van der Waals surface area (Å²) < 4.78 is 0.959. The fraction of sp³-hybridized carbons (Fsp3) is 0.267. The molecule has 22 heavy (non-hydrogen) atoms. The molecule has 0 fully saturated rings. The summed E-state index contributed by atoms with van der Waals surface area (Å²) in [6.07, 6.45) is 2.02. The first-order valence-electron chi connectivity index (χ1n) is 6.51. The van der Waals surface area contributed by atoms with Crippen LogP contribution in [0.4, 0.5) is 0 Å². The number of hydrogen-bond acceptors (Lipinski definition) is 6. The van der Waals surface area contributed by atoms with Crippen molar-refractivity contribution in [3.05, 3.63) is 46.5 Å². The molecule has 1 aliphatic heterocycles. The number of aromatic nitrogens is 1. The van der Waals surface area contributed by atoms with E-state index in [0.29, 0.717) is 5.75 Å². The maximum absolute atomic E-state index is 12.2. The molecule has 2 aromatic rings. The zero-order chi connectivity index (χ0) is 15.9. The molecule has 0 spiro atoms. The molecule has 3 rings (SSSR count). The molecule has 0 saturated heterocycles. The highest BCUT2D eigenvalue weighted by Gasteiger charge is 2.23. The van der Waals surface area contributed by atoms with Crippen LogP contribution in [0.1, 0.15) is 16.7 Å². The van der Waals surface area contributed by atoms with Gasteiger partial charge >= 0.3 is 6.15 Å². The van der Waals surface area contributed by atoms with E-state index in [2.05, 4.69) is 30.1 Å². The average molecular weight is 334 g/mol. The summed E-state index contributed by atoms with van der Waals surface area (Å²) in [5.74, 6) is 0.662. The molecule has 0 N–H and O–H groups in total. The van der Waals surface area contributed by atoms with Crippen LogP contribution in [0.15, 0.2) is 34.1 Å². The number of benzene rings is 1. The van der Waals surface area contributed by atoms with Gasteiger partial charge in [-0.15, -0.1) is 11.3 Å². The third-order valence-electron chi connectivity index (χ3n) is 3.17.